The standard InChI is InChI=1S/C22H35FN3O12PS/c1-19(2,3)16(30)33-11-36-39(32,37-12-34-17(31)20(4,5)6)35-10-21(23)14(28)15(29)22(9-27,38-21)26-8-7-13(24)25-18(26)40/h7-8,14-15,27-29H,9-12H2,1-6H3,(H2,24,25,40)/t14-,15+,21+,22+/m0/s1. The first kappa shape index (κ1) is 34.1. The van der Waals surface area contributed by atoms with E-state index in [1.54, 1.807) is 41.5 Å². The molecule has 228 valence electrons. The van der Waals surface area contributed by atoms with Gasteiger partial charge in [-0.15, -0.1) is 0 Å². The summed E-state index contributed by atoms with van der Waals surface area (Å²) in [5, 5.41) is 31.2. The van der Waals surface area contributed by atoms with E-state index in [0.29, 0.717) is 0 Å². The number of nitrogen functional groups attached to an aromatic ring is 1. The number of aromatic nitrogens is 2. The summed E-state index contributed by atoms with van der Waals surface area (Å²) >= 11 is 5.06. The molecule has 0 aromatic carbocycles. The first-order valence-electron chi connectivity index (χ1n) is 11.8. The number of hydrogen-bond donors (Lipinski definition) is 4. The molecule has 1 aromatic heterocycles. The molecule has 0 radical (unpaired) electrons. The van der Waals surface area contributed by atoms with Gasteiger partial charge in [-0.1, -0.05) is 0 Å². The summed E-state index contributed by atoms with van der Waals surface area (Å²) in [4.78, 5) is 27.8. The summed E-state index contributed by atoms with van der Waals surface area (Å²) in [6.45, 7) is 4.79. The lowest BCUT2D eigenvalue weighted by Gasteiger charge is -2.33. The van der Waals surface area contributed by atoms with Gasteiger partial charge in [-0.25, -0.2) is 23.0 Å². The number of halogens is 1. The van der Waals surface area contributed by atoms with Crippen LogP contribution in [-0.4, -0.2) is 81.7 Å². The second kappa shape index (κ2) is 12.4. The fraction of sp³-hybridized carbons (Fsp3) is 0.727. The number of rotatable bonds is 11. The smallest absolute Gasteiger partial charge is 0.437 e. The third-order valence-corrected chi connectivity index (χ3v) is 7.03. The summed E-state index contributed by atoms with van der Waals surface area (Å²) < 4.78 is 59.6. The van der Waals surface area contributed by atoms with E-state index >= 15 is 4.39 Å². The number of carbonyl (C=O) groups is 2. The Morgan fingerprint density at radius 2 is 1.60 bits per heavy atom. The predicted molar refractivity (Wildman–Crippen MR) is 136 cm³/mol. The number of nitrogens with zero attached hydrogens (tertiary/aromatic N) is 2. The molecule has 4 atom stereocenters. The van der Waals surface area contributed by atoms with Crippen molar-refractivity contribution in [3.63, 3.8) is 0 Å². The third-order valence-electron chi connectivity index (χ3n) is 5.45. The van der Waals surface area contributed by atoms with Gasteiger partial charge in [0.05, 0.1) is 17.4 Å². The van der Waals surface area contributed by atoms with Gasteiger partial charge in [-0.05, 0) is 59.8 Å². The number of phosphoric acid groups is 1. The maximum Gasteiger partial charge on any atom is 0.480 e. The van der Waals surface area contributed by atoms with Gasteiger partial charge in [0.2, 0.25) is 24.1 Å². The lowest BCUT2D eigenvalue weighted by Crippen LogP contribution is -2.49. The summed E-state index contributed by atoms with van der Waals surface area (Å²) in [5.74, 6) is -4.86. The van der Waals surface area contributed by atoms with Crippen LogP contribution < -0.4 is 5.73 Å². The zero-order valence-corrected chi connectivity index (χ0v) is 24.6. The van der Waals surface area contributed by atoms with Crippen molar-refractivity contribution in [2.75, 3.05) is 32.5 Å². The molecule has 5 N–H and O–H groups in total. The van der Waals surface area contributed by atoms with Crippen molar-refractivity contribution >= 4 is 37.8 Å². The molecule has 2 heterocycles. The first-order valence-corrected chi connectivity index (χ1v) is 13.7. The van der Waals surface area contributed by atoms with Crippen molar-refractivity contribution in [2.24, 2.45) is 10.8 Å². The highest BCUT2D eigenvalue weighted by atomic mass is 32.1. The molecule has 1 saturated heterocycles. The molecule has 15 nitrogen and oxygen atoms in total. The van der Waals surface area contributed by atoms with E-state index < -0.39 is 81.2 Å². The number of nitrogens with two attached hydrogens (primary N) is 1. The Labute approximate surface area is 234 Å². The zero-order valence-electron chi connectivity index (χ0n) is 22.9. The minimum atomic E-state index is -4.90. The number of esters is 2. The van der Waals surface area contributed by atoms with E-state index in [1.807, 2.05) is 0 Å². The zero-order chi connectivity index (χ0) is 30.7. The Balaban J connectivity index is 2.26. The molecule has 0 spiro atoms. The summed E-state index contributed by atoms with van der Waals surface area (Å²) in [6, 6.07) is 1.22. The molecule has 0 amide bonds. The Kier molecular flexibility index (Phi) is 10.6. The van der Waals surface area contributed by atoms with E-state index in [1.165, 1.54) is 6.07 Å². The Morgan fingerprint density at radius 1 is 1.10 bits per heavy atom. The summed E-state index contributed by atoms with van der Waals surface area (Å²) in [7, 11) is -4.90. The van der Waals surface area contributed by atoms with Crippen LogP contribution in [0.25, 0.3) is 0 Å². The van der Waals surface area contributed by atoms with Crippen LogP contribution in [0, 0.1) is 15.6 Å². The number of aliphatic hydroxyl groups excluding tert-OH is 3. The van der Waals surface area contributed by atoms with E-state index in [0.717, 1.165) is 10.8 Å². The number of carbonyl (C=O) groups excluding carboxylic acids is 2. The van der Waals surface area contributed by atoms with E-state index in [2.05, 4.69) is 4.98 Å². The third kappa shape index (κ3) is 7.80. The average molecular weight is 616 g/mol. The Morgan fingerprint density at radius 3 is 2.02 bits per heavy atom. The quantitative estimate of drug-likeness (QED) is 0.120. The highest BCUT2D eigenvalue weighted by Crippen LogP contribution is 2.52. The highest BCUT2D eigenvalue weighted by molar-refractivity contribution is 7.71. The predicted octanol–water partition coefficient (Wildman–Crippen LogP) is 1.51. The van der Waals surface area contributed by atoms with Crippen LogP contribution in [0.5, 0.6) is 0 Å². The maximum absolute atomic E-state index is 15.9. The number of hydrogen-bond acceptors (Lipinski definition) is 15. The molecule has 1 fully saturated rings. The van der Waals surface area contributed by atoms with Crippen LogP contribution >= 0.6 is 20.0 Å². The monoisotopic (exact) mass is 615 g/mol. The van der Waals surface area contributed by atoms with Crippen molar-refractivity contribution < 1.29 is 61.6 Å². The molecule has 1 aliphatic rings. The van der Waals surface area contributed by atoms with Gasteiger partial charge in [0.1, 0.15) is 24.6 Å². The molecular weight excluding hydrogens is 580 g/mol. The van der Waals surface area contributed by atoms with E-state index in [9.17, 15) is 29.5 Å². The lowest BCUT2D eigenvalue weighted by molar-refractivity contribution is -0.255. The van der Waals surface area contributed by atoms with Crippen molar-refractivity contribution in [3.05, 3.63) is 17.0 Å². The average Bonchev–Trinajstić information content (AvgIpc) is 3.03. The number of phosphoric ester groups is 1. The Hall–Kier alpha value is -2.08. The molecular formula is C22H35FN3O12PS. The minimum absolute atomic E-state index is 0.0215. The van der Waals surface area contributed by atoms with Gasteiger partial charge in [0.25, 0.3) is 5.85 Å². The van der Waals surface area contributed by atoms with Gasteiger partial charge < -0.3 is 35.3 Å². The molecule has 2 rings (SSSR count). The molecule has 1 aromatic rings. The molecule has 0 saturated carbocycles. The van der Waals surface area contributed by atoms with Crippen LogP contribution in [0.1, 0.15) is 41.5 Å². The van der Waals surface area contributed by atoms with Crippen molar-refractivity contribution in [2.45, 2.75) is 65.3 Å². The van der Waals surface area contributed by atoms with Gasteiger partial charge in [0, 0.05) is 6.20 Å². The number of anilines is 1. The first-order chi connectivity index (χ1) is 18.2. The fourth-order valence-electron chi connectivity index (χ4n) is 3.11. The highest BCUT2D eigenvalue weighted by Gasteiger charge is 2.65. The van der Waals surface area contributed by atoms with E-state index in [4.69, 9.17) is 45.7 Å². The molecule has 18 heteroatoms. The largest absolute Gasteiger partial charge is 0.480 e. The molecule has 40 heavy (non-hydrogen) atoms. The number of alkyl halides is 1. The van der Waals surface area contributed by atoms with Crippen molar-refractivity contribution in [1.29, 1.82) is 0 Å². The summed E-state index contributed by atoms with van der Waals surface area (Å²) in [5.41, 5.74) is 1.26. The number of aliphatic hydroxyl groups is 3. The second-order valence-corrected chi connectivity index (χ2v) is 12.9. The fourth-order valence-corrected chi connectivity index (χ4v) is 4.35. The lowest BCUT2D eigenvalue weighted by atomic mass is 9.98. The molecule has 0 bridgehead atoms. The van der Waals surface area contributed by atoms with Crippen molar-refractivity contribution in [3.8, 4) is 0 Å². The topological polar surface area (TPSA) is 211 Å². The second-order valence-electron chi connectivity index (χ2n) is 10.9. The van der Waals surface area contributed by atoms with Gasteiger partial charge in [0.15, 0.2) is 0 Å². The van der Waals surface area contributed by atoms with E-state index in [-0.39, 0.29) is 10.6 Å². The van der Waals surface area contributed by atoms with Crippen LogP contribution in [0.4, 0.5) is 10.2 Å². The molecule has 0 unspecified atom stereocenters. The van der Waals surface area contributed by atoms with Crippen LogP contribution in [0.15, 0.2) is 12.3 Å². The molecule has 0 aliphatic carbocycles. The van der Waals surface area contributed by atoms with Crippen molar-refractivity contribution in [1.82, 2.24) is 9.55 Å². The Bertz CT molecular complexity index is 1150. The van der Waals surface area contributed by atoms with Gasteiger partial charge in [-0.3, -0.25) is 18.7 Å². The maximum atomic E-state index is 15.9. The normalized spacial score (nSPS) is 25.6. The summed E-state index contributed by atoms with van der Waals surface area (Å²) in [6.07, 6.45) is -3.40. The SMILES string of the molecule is CC(C)(C)C(=O)OCOP(=O)(OCOC(=O)C(C)(C)C)OC[C@@]1(F)O[C@@](CO)(n2ccc(N)nc2=S)[C@H](O)[C@@H]1O. The van der Waals surface area contributed by atoms with Gasteiger partial charge >= 0.3 is 19.8 Å². The molecule has 1 aliphatic heterocycles. The number of ether oxygens (including phenoxy) is 3. The van der Waals surface area contributed by atoms with Crippen LogP contribution in [0.3, 0.4) is 0 Å². The van der Waals surface area contributed by atoms with Gasteiger partial charge in [-0.2, -0.15) is 0 Å². The van der Waals surface area contributed by atoms with Crippen LogP contribution in [0.2, 0.25) is 0 Å². The minimum Gasteiger partial charge on any atom is -0.437 e. The van der Waals surface area contributed by atoms with Crippen LogP contribution in [-0.2, 0) is 47.7 Å².